The normalized spacial score (nSPS) is 14.2. The quantitative estimate of drug-likeness (QED) is 0.426. The zero-order valence-corrected chi connectivity index (χ0v) is 20.4. The number of anilines is 2. The molecule has 0 spiro atoms. The monoisotopic (exact) mass is 487 g/mol. The van der Waals surface area contributed by atoms with Gasteiger partial charge in [0, 0.05) is 43.6 Å². The number of ether oxygens (including phenoxy) is 3. The molecule has 9 heteroatoms. The zero-order valence-electron chi connectivity index (χ0n) is 19.7. The first-order valence-electron chi connectivity index (χ1n) is 11.1. The molecule has 1 amide bonds. The molecule has 1 aliphatic rings. The van der Waals surface area contributed by atoms with Crippen molar-refractivity contribution in [1.82, 2.24) is 4.90 Å². The molecule has 0 aromatic heterocycles. The number of rotatable bonds is 9. The maximum atomic E-state index is 12.2. The molecule has 8 nitrogen and oxygen atoms in total. The summed E-state index contributed by atoms with van der Waals surface area (Å²) in [4.78, 5) is 28.9. The number of methoxy groups -OCH3 is 2. The Kier molecular flexibility index (Phi) is 9.18. The van der Waals surface area contributed by atoms with Crippen LogP contribution in [0.5, 0.6) is 11.5 Å². The minimum atomic E-state index is -0.650. The fourth-order valence-corrected chi connectivity index (χ4v) is 3.95. The molecule has 2 aromatic rings. The highest BCUT2D eigenvalue weighted by Gasteiger charge is 2.16. The Labute approximate surface area is 205 Å². The summed E-state index contributed by atoms with van der Waals surface area (Å²) < 4.78 is 15.4. The standard InChI is InChI=1S/C25H30ClN3O5/c1-4-28-11-13-29(14-12-28)20-8-6-19(7-9-20)27-23(30)17-34-24(31)10-5-18-15-21(26)25(33-3)22(16-18)32-2/h5-10,15-16H,4,11-14,17H2,1-3H3,(H,27,30)/b10-5+. The van der Waals surface area contributed by atoms with Gasteiger partial charge in [-0.15, -0.1) is 0 Å². The molecule has 0 aliphatic carbocycles. The fraction of sp³-hybridized carbons (Fsp3) is 0.360. The van der Waals surface area contributed by atoms with Gasteiger partial charge in [-0.2, -0.15) is 0 Å². The number of hydrogen-bond donors (Lipinski definition) is 1. The first-order chi connectivity index (χ1) is 16.4. The van der Waals surface area contributed by atoms with E-state index in [1.54, 1.807) is 12.1 Å². The third-order valence-electron chi connectivity index (χ3n) is 5.55. The summed E-state index contributed by atoms with van der Waals surface area (Å²) >= 11 is 6.16. The van der Waals surface area contributed by atoms with E-state index < -0.39 is 18.5 Å². The van der Waals surface area contributed by atoms with E-state index in [2.05, 4.69) is 22.0 Å². The number of halogens is 1. The Bertz CT molecular complexity index is 1020. The van der Waals surface area contributed by atoms with Crippen molar-refractivity contribution in [2.75, 3.05) is 63.8 Å². The molecule has 1 fully saturated rings. The van der Waals surface area contributed by atoms with Gasteiger partial charge in [0.2, 0.25) is 0 Å². The highest BCUT2D eigenvalue weighted by atomic mass is 35.5. The molecule has 1 aliphatic heterocycles. The van der Waals surface area contributed by atoms with E-state index in [0.717, 1.165) is 38.4 Å². The first kappa shape index (κ1) is 25.4. The number of likely N-dealkylation sites (N-methyl/N-ethyl adjacent to an activating group) is 1. The van der Waals surface area contributed by atoms with Crippen LogP contribution in [0.25, 0.3) is 6.08 Å². The molecule has 1 saturated heterocycles. The Balaban J connectivity index is 1.46. The molecule has 34 heavy (non-hydrogen) atoms. The van der Waals surface area contributed by atoms with Crippen molar-refractivity contribution in [3.05, 3.63) is 53.1 Å². The van der Waals surface area contributed by atoms with E-state index in [-0.39, 0.29) is 0 Å². The summed E-state index contributed by atoms with van der Waals surface area (Å²) in [6.45, 7) is 6.92. The highest BCUT2D eigenvalue weighted by molar-refractivity contribution is 6.32. The van der Waals surface area contributed by atoms with Crippen LogP contribution < -0.4 is 19.7 Å². The maximum absolute atomic E-state index is 12.2. The Morgan fingerprint density at radius 1 is 1.06 bits per heavy atom. The summed E-state index contributed by atoms with van der Waals surface area (Å²) in [6.07, 6.45) is 2.74. The SMILES string of the molecule is CCN1CCN(c2ccc(NC(=O)COC(=O)/C=C/c3cc(Cl)c(OC)c(OC)c3)cc2)CC1. The van der Waals surface area contributed by atoms with E-state index in [4.69, 9.17) is 25.8 Å². The lowest BCUT2D eigenvalue weighted by Gasteiger charge is -2.35. The predicted molar refractivity (Wildman–Crippen MR) is 134 cm³/mol. The van der Waals surface area contributed by atoms with Gasteiger partial charge in [0.1, 0.15) is 0 Å². The lowest BCUT2D eigenvalue weighted by Crippen LogP contribution is -2.46. The van der Waals surface area contributed by atoms with Gasteiger partial charge >= 0.3 is 5.97 Å². The van der Waals surface area contributed by atoms with Crippen LogP contribution in [0.4, 0.5) is 11.4 Å². The molecule has 1 N–H and O–H groups in total. The number of benzene rings is 2. The third-order valence-corrected chi connectivity index (χ3v) is 5.83. The molecular formula is C25H30ClN3O5. The van der Waals surface area contributed by atoms with E-state index >= 15 is 0 Å². The molecule has 3 rings (SSSR count). The molecule has 1 heterocycles. The molecule has 0 unspecified atom stereocenters. The Morgan fingerprint density at radius 3 is 2.38 bits per heavy atom. The maximum Gasteiger partial charge on any atom is 0.331 e. The second-order valence-corrected chi connectivity index (χ2v) is 8.10. The lowest BCUT2D eigenvalue weighted by molar-refractivity contribution is -0.142. The summed E-state index contributed by atoms with van der Waals surface area (Å²) in [7, 11) is 2.99. The zero-order chi connectivity index (χ0) is 24.5. The van der Waals surface area contributed by atoms with Gasteiger partial charge in [0.05, 0.1) is 19.2 Å². The first-order valence-corrected chi connectivity index (χ1v) is 11.4. The van der Waals surface area contributed by atoms with Gasteiger partial charge in [0.15, 0.2) is 18.1 Å². The van der Waals surface area contributed by atoms with Crippen LogP contribution in [-0.4, -0.2) is 70.3 Å². The number of hydrogen-bond acceptors (Lipinski definition) is 7. The van der Waals surface area contributed by atoms with Crippen molar-refractivity contribution in [3.8, 4) is 11.5 Å². The number of carbonyl (C=O) groups excluding carboxylic acids is 2. The van der Waals surface area contributed by atoms with Crippen molar-refractivity contribution in [2.24, 2.45) is 0 Å². The molecule has 2 aromatic carbocycles. The van der Waals surface area contributed by atoms with Crippen LogP contribution in [0.2, 0.25) is 5.02 Å². The fourth-order valence-electron chi connectivity index (χ4n) is 3.66. The number of esters is 1. The summed E-state index contributed by atoms with van der Waals surface area (Å²) in [5, 5.41) is 3.09. The summed E-state index contributed by atoms with van der Waals surface area (Å²) in [6, 6.07) is 11.0. The minimum absolute atomic E-state index is 0.350. The average Bonchev–Trinajstić information content (AvgIpc) is 2.86. The van der Waals surface area contributed by atoms with Gasteiger partial charge in [-0.3, -0.25) is 4.79 Å². The number of amides is 1. The van der Waals surface area contributed by atoms with E-state index in [1.807, 2.05) is 24.3 Å². The van der Waals surface area contributed by atoms with Crippen molar-refractivity contribution in [2.45, 2.75) is 6.92 Å². The van der Waals surface area contributed by atoms with E-state index in [1.165, 1.54) is 26.4 Å². The van der Waals surface area contributed by atoms with Crippen LogP contribution in [0.1, 0.15) is 12.5 Å². The van der Waals surface area contributed by atoms with Crippen LogP contribution in [0.3, 0.4) is 0 Å². The topological polar surface area (TPSA) is 80.3 Å². The largest absolute Gasteiger partial charge is 0.493 e. The molecular weight excluding hydrogens is 458 g/mol. The van der Waals surface area contributed by atoms with Crippen LogP contribution >= 0.6 is 11.6 Å². The number of carbonyl (C=O) groups is 2. The highest BCUT2D eigenvalue weighted by Crippen LogP contribution is 2.36. The van der Waals surface area contributed by atoms with Gasteiger partial charge in [-0.05, 0) is 54.6 Å². The third kappa shape index (κ3) is 6.88. The van der Waals surface area contributed by atoms with Crippen LogP contribution in [0, 0.1) is 0 Å². The van der Waals surface area contributed by atoms with Crippen LogP contribution in [-0.2, 0) is 14.3 Å². The van der Waals surface area contributed by atoms with Crippen LogP contribution in [0.15, 0.2) is 42.5 Å². The average molecular weight is 488 g/mol. The summed E-state index contributed by atoms with van der Waals surface area (Å²) in [5.74, 6) is -0.216. The van der Waals surface area contributed by atoms with Gasteiger partial charge in [-0.25, -0.2) is 4.79 Å². The van der Waals surface area contributed by atoms with Gasteiger partial charge in [0.25, 0.3) is 5.91 Å². The second-order valence-electron chi connectivity index (χ2n) is 7.70. The summed E-state index contributed by atoms with van der Waals surface area (Å²) in [5.41, 5.74) is 2.40. The van der Waals surface area contributed by atoms with Gasteiger partial charge in [-0.1, -0.05) is 18.5 Å². The Hall–Kier alpha value is -3.23. The molecule has 0 bridgehead atoms. The second kappa shape index (κ2) is 12.3. The van der Waals surface area contributed by atoms with Crippen molar-refractivity contribution >= 4 is 40.9 Å². The van der Waals surface area contributed by atoms with Gasteiger partial charge < -0.3 is 29.3 Å². The van der Waals surface area contributed by atoms with Crippen molar-refractivity contribution in [3.63, 3.8) is 0 Å². The van der Waals surface area contributed by atoms with E-state index in [0.29, 0.717) is 27.8 Å². The molecule has 0 atom stereocenters. The van der Waals surface area contributed by atoms with E-state index in [9.17, 15) is 9.59 Å². The number of nitrogens with one attached hydrogen (secondary N) is 1. The molecule has 182 valence electrons. The molecule has 0 saturated carbocycles. The van der Waals surface area contributed by atoms with Crippen molar-refractivity contribution < 1.29 is 23.8 Å². The molecule has 0 radical (unpaired) electrons. The number of piperazine rings is 1. The lowest BCUT2D eigenvalue weighted by atomic mass is 10.2. The predicted octanol–water partition coefficient (Wildman–Crippen LogP) is 3.69. The minimum Gasteiger partial charge on any atom is -0.493 e. The Morgan fingerprint density at radius 2 is 1.76 bits per heavy atom. The van der Waals surface area contributed by atoms with Crippen molar-refractivity contribution in [1.29, 1.82) is 0 Å². The smallest absolute Gasteiger partial charge is 0.331 e. The number of nitrogens with zero attached hydrogens (tertiary/aromatic N) is 2.